The number of hydrogen-bond donors (Lipinski definition) is 0. The minimum Gasteiger partial charge on any atom is -0.259 e. The first-order valence-corrected chi connectivity index (χ1v) is 3.48. The fourth-order valence-electron chi connectivity index (χ4n) is 0.871. The molecule has 1 rings (SSSR count). The van der Waals surface area contributed by atoms with Crippen molar-refractivity contribution >= 4 is 0 Å². The molecule has 0 radical (unpaired) electrons. The van der Waals surface area contributed by atoms with E-state index in [1.165, 1.54) is 0 Å². The van der Waals surface area contributed by atoms with Crippen LogP contribution in [0.3, 0.4) is 0 Å². The smallest absolute Gasteiger partial charge is 0.251 e. The molecule has 0 unspecified atom stereocenters. The Labute approximate surface area is 70.5 Å². The van der Waals surface area contributed by atoms with Gasteiger partial charge in [-0.3, -0.25) is 10.1 Å². The van der Waals surface area contributed by atoms with Gasteiger partial charge in [0.2, 0.25) is 0 Å². The minimum absolute atomic E-state index is 0.456. The van der Waals surface area contributed by atoms with Crippen LogP contribution in [0.4, 0.5) is 0 Å². The SMILES string of the molecule is C/C(=C\[N+](=O)[O-])C1=CC=C[C+]=C1. The van der Waals surface area contributed by atoms with Crippen LogP contribution >= 0.6 is 0 Å². The fraction of sp³-hybridized carbons (Fsp3) is 0.111. The molecule has 60 valence electrons. The van der Waals surface area contributed by atoms with Crippen molar-refractivity contribution in [2.75, 3.05) is 0 Å². The predicted molar refractivity (Wildman–Crippen MR) is 45.8 cm³/mol. The average molecular weight is 162 g/mol. The molecule has 0 fully saturated rings. The summed E-state index contributed by atoms with van der Waals surface area (Å²) in [6.07, 6.45) is 10.9. The molecule has 3 heteroatoms. The van der Waals surface area contributed by atoms with Gasteiger partial charge < -0.3 is 0 Å². The number of nitro groups is 1. The van der Waals surface area contributed by atoms with E-state index in [0.29, 0.717) is 5.57 Å². The van der Waals surface area contributed by atoms with Crippen LogP contribution in [0, 0.1) is 16.2 Å². The summed E-state index contributed by atoms with van der Waals surface area (Å²) < 4.78 is 0. The van der Waals surface area contributed by atoms with Gasteiger partial charge in [-0.2, -0.15) is 0 Å². The molecule has 3 nitrogen and oxygen atoms in total. The van der Waals surface area contributed by atoms with E-state index in [1.54, 1.807) is 25.2 Å². The van der Waals surface area contributed by atoms with Crippen LogP contribution in [0.1, 0.15) is 6.92 Å². The second kappa shape index (κ2) is 3.60. The monoisotopic (exact) mass is 162 g/mol. The second-order valence-electron chi connectivity index (χ2n) is 2.39. The van der Waals surface area contributed by atoms with Gasteiger partial charge in [-0.05, 0) is 6.92 Å². The van der Waals surface area contributed by atoms with Crippen LogP contribution in [0.15, 0.2) is 41.7 Å². The Morgan fingerprint density at radius 2 is 2.50 bits per heavy atom. The van der Waals surface area contributed by atoms with Gasteiger partial charge in [0.15, 0.2) is 0 Å². The molecule has 12 heavy (non-hydrogen) atoms. The van der Waals surface area contributed by atoms with Crippen molar-refractivity contribution in [1.29, 1.82) is 0 Å². The molecule has 0 spiro atoms. The van der Waals surface area contributed by atoms with E-state index >= 15 is 0 Å². The van der Waals surface area contributed by atoms with Crippen molar-refractivity contribution in [3.63, 3.8) is 0 Å². The van der Waals surface area contributed by atoms with Crippen molar-refractivity contribution in [1.82, 2.24) is 0 Å². The van der Waals surface area contributed by atoms with E-state index in [0.717, 1.165) is 11.8 Å². The van der Waals surface area contributed by atoms with E-state index in [4.69, 9.17) is 0 Å². The largest absolute Gasteiger partial charge is 0.259 e. The normalized spacial score (nSPS) is 15.4. The van der Waals surface area contributed by atoms with Crippen molar-refractivity contribution < 1.29 is 4.92 Å². The molecule has 0 saturated heterocycles. The quantitative estimate of drug-likeness (QED) is 0.354. The van der Waals surface area contributed by atoms with Gasteiger partial charge in [-0.15, -0.1) is 0 Å². The zero-order valence-corrected chi connectivity index (χ0v) is 6.65. The van der Waals surface area contributed by atoms with Gasteiger partial charge in [0.1, 0.15) is 12.2 Å². The Balaban J connectivity index is 2.84. The van der Waals surface area contributed by atoms with E-state index in [2.05, 4.69) is 6.08 Å². The maximum absolute atomic E-state index is 10.1. The Morgan fingerprint density at radius 3 is 3.00 bits per heavy atom. The van der Waals surface area contributed by atoms with Gasteiger partial charge in [0.25, 0.3) is 6.20 Å². The summed E-state index contributed by atoms with van der Waals surface area (Å²) in [5.74, 6) is 0. The van der Waals surface area contributed by atoms with Crippen molar-refractivity contribution in [3.05, 3.63) is 57.8 Å². The van der Waals surface area contributed by atoms with Gasteiger partial charge in [-0.25, -0.2) is 0 Å². The molecule has 0 heterocycles. The highest BCUT2D eigenvalue weighted by Crippen LogP contribution is 2.13. The molecule has 1 aliphatic carbocycles. The zero-order valence-electron chi connectivity index (χ0n) is 6.65. The maximum atomic E-state index is 10.1. The van der Waals surface area contributed by atoms with Crippen LogP contribution in [0.5, 0.6) is 0 Å². The molecule has 0 amide bonds. The number of allylic oxidation sites excluding steroid dienone is 7. The predicted octanol–water partition coefficient (Wildman–Crippen LogP) is 2.02. The number of rotatable bonds is 2. The number of hydrogen-bond acceptors (Lipinski definition) is 2. The third kappa shape index (κ3) is 2.15. The van der Waals surface area contributed by atoms with Crippen molar-refractivity contribution in [2.45, 2.75) is 6.92 Å². The highest BCUT2D eigenvalue weighted by Gasteiger charge is 2.08. The lowest BCUT2D eigenvalue weighted by Gasteiger charge is -1.91. The fourth-order valence-corrected chi connectivity index (χ4v) is 0.871. The number of nitrogens with zero attached hydrogens (tertiary/aromatic N) is 1. The summed E-state index contributed by atoms with van der Waals surface area (Å²) in [6.45, 7) is 1.70. The molecule has 0 saturated carbocycles. The Bertz CT molecular complexity index is 308. The molecule has 0 aromatic rings. The van der Waals surface area contributed by atoms with Crippen LogP contribution < -0.4 is 0 Å². The van der Waals surface area contributed by atoms with Crippen LogP contribution in [0.25, 0.3) is 0 Å². The molecule has 0 atom stereocenters. The highest BCUT2D eigenvalue weighted by molar-refractivity contribution is 5.42. The molecule has 0 aliphatic heterocycles. The van der Waals surface area contributed by atoms with Crippen molar-refractivity contribution in [3.8, 4) is 0 Å². The summed E-state index contributed by atoms with van der Waals surface area (Å²) in [5.41, 5.74) is 1.46. The van der Waals surface area contributed by atoms with E-state index in [9.17, 15) is 10.1 Å². The first-order chi connectivity index (χ1) is 5.70. The third-order valence-electron chi connectivity index (χ3n) is 1.46. The summed E-state index contributed by atoms with van der Waals surface area (Å²) in [7, 11) is 0. The topological polar surface area (TPSA) is 43.1 Å². The third-order valence-corrected chi connectivity index (χ3v) is 1.46. The first kappa shape index (κ1) is 8.37. The Kier molecular flexibility index (Phi) is 2.51. The maximum Gasteiger partial charge on any atom is 0.251 e. The summed E-state index contributed by atoms with van der Waals surface area (Å²) >= 11 is 0. The lowest BCUT2D eigenvalue weighted by atomic mass is 10.1. The molecule has 0 aromatic carbocycles. The Morgan fingerprint density at radius 1 is 1.75 bits per heavy atom. The lowest BCUT2D eigenvalue weighted by molar-refractivity contribution is -0.403. The zero-order chi connectivity index (χ0) is 8.97. The van der Waals surface area contributed by atoms with E-state index in [-0.39, 0.29) is 0 Å². The van der Waals surface area contributed by atoms with Gasteiger partial charge in [0, 0.05) is 12.2 Å². The van der Waals surface area contributed by atoms with Gasteiger partial charge >= 0.3 is 0 Å². The average Bonchev–Trinajstić information content (AvgIpc) is 2.05. The van der Waals surface area contributed by atoms with Crippen LogP contribution in [-0.4, -0.2) is 4.92 Å². The van der Waals surface area contributed by atoms with E-state index in [1.807, 2.05) is 6.08 Å². The minimum atomic E-state index is -0.456. The highest BCUT2D eigenvalue weighted by atomic mass is 16.6. The lowest BCUT2D eigenvalue weighted by Crippen LogP contribution is -1.90. The summed E-state index contributed by atoms with van der Waals surface area (Å²) in [4.78, 5) is 9.65. The molecule has 0 N–H and O–H groups in total. The molecular weight excluding hydrogens is 154 g/mol. The van der Waals surface area contributed by atoms with Gasteiger partial charge in [0.05, 0.1) is 22.1 Å². The Hall–Kier alpha value is -1.73. The van der Waals surface area contributed by atoms with Crippen LogP contribution in [0.2, 0.25) is 0 Å². The molecular formula is C9H8NO2+. The van der Waals surface area contributed by atoms with E-state index < -0.39 is 4.92 Å². The molecule has 0 bridgehead atoms. The first-order valence-electron chi connectivity index (χ1n) is 3.48. The van der Waals surface area contributed by atoms with Crippen LogP contribution in [-0.2, 0) is 0 Å². The van der Waals surface area contributed by atoms with Gasteiger partial charge in [-0.1, -0.05) is 0 Å². The second-order valence-corrected chi connectivity index (χ2v) is 2.39. The molecule has 1 aliphatic rings. The summed E-state index contributed by atoms with van der Waals surface area (Å²) in [5, 5.41) is 10.1. The van der Waals surface area contributed by atoms with Crippen molar-refractivity contribution in [2.24, 2.45) is 0 Å². The molecule has 0 aromatic heterocycles. The standard InChI is InChI=1S/C9H8NO2/c1-8(7-10(11)12)9-5-3-2-4-6-9/h2-3,5-7H,1H3/q+1/b8-7+. The summed E-state index contributed by atoms with van der Waals surface area (Å²) in [6, 6.07) is 0.